The summed E-state index contributed by atoms with van der Waals surface area (Å²) in [5.74, 6) is -0.992. The monoisotopic (exact) mass is 382 g/mol. The molecule has 0 radical (unpaired) electrons. The number of likely N-dealkylation sites (tertiary alicyclic amines) is 1. The summed E-state index contributed by atoms with van der Waals surface area (Å²) in [7, 11) is 0. The van der Waals surface area contributed by atoms with Crippen molar-refractivity contribution in [1.29, 1.82) is 0 Å². The molecule has 1 fully saturated rings. The molecule has 9 heteroatoms. The van der Waals surface area contributed by atoms with E-state index >= 15 is 0 Å². The summed E-state index contributed by atoms with van der Waals surface area (Å²) in [5, 5.41) is 0.227. The lowest BCUT2D eigenvalue weighted by atomic mass is 10.0. The number of fused-ring (bicyclic) bond motifs is 1. The van der Waals surface area contributed by atoms with Gasteiger partial charge in [-0.15, -0.1) is 0 Å². The second kappa shape index (κ2) is 7.82. The van der Waals surface area contributed by atoms with Crippen LogP contribution >= 0.6 is 11.6 Å². The van der Waals surface area contributed by atoms with E-state index in [0.29, 0.717) is 37.7 Å². The molecular weight excluding hydrogens is 364 g/mol. The van der Waals surface area contributed by atoms with Gasteiger partial charge in [-0.3, -0.25) is 9.59 Å². The molecule has 1 atom stereocenters. The first-order valence-electron chi connectivity index (χ1n) is 8.32. The maximum absolute atomic E-state index is 12.3. The summed E-state index contributed by atoms with van der Waals surface area (Å²) in [4.78, 5) is 37.4. The highest BCUT2D eigenvalue weighted by Crippen LogP contribution is 2.38. The Balaban J connectivity index is 1.64. The van der Waals surface area contributed by atoms with Gasteiger partial charge in [-0.05, 0) is 31.4 Å². The van der Waals surface area contributed by atoms with Crippen LogP contribution < -0.4 is 15.2 Å². The lowest BCUT2D eigenvalue weighted by molar-refractivity contribution is -0.143. The van der Waals surface area contributed by atoms with Crippen molar-refractivity contribution in [3.63, 3.8) is 0 Å². The van der Waals surface area contributed by atoms with E-state index in [2.05, 4.69) is 0 Å². The number of benzene rings is 1. The highest BCUT2D eigenvalue weighted by atomic mass is 35.5. The third kappa shape index (κ3) is 3.85. The van der Waals surface area contributed by atoms with E-state index < -0.39 is 30.4 Å². The number of carbonyl (C=O) groups is 3. The topological polar surface area (TPSA) is 108 Å². The normalized spacial score (nSPS) is 19.0. The predicted molar refractivity (Wildman–Crippen MR) is 91.3 cm³/mol. The van der Waals surface area contributed by atoms with Gasteiger partial charge in [0.1, 0.15) is 19.3 Å². The van der Waals surface area contributed by atoms with Crippen LogP contribution in [0.1, 0.15) is 29.6 Å². The third-order valence-electron chi connectivity index (χ3n) is 4.31. The Labute approximate surface area is 155 Å². The molecule has 0 bridgehead atoms. The molecule has 1 saturated heterocycles. The number of hydrogen-bond donors (Lipinski definition) is 1. The van der Waals surface area contributed by atoms with E-state index in [-0.39, 0.29) is 10.6 Å². The van der Waals surface area contributed by atoms with E-state index in [1.807, 2.05) is 0 Å². The highest BCUT2D eigenvalue weighted by Gasteiger charge is 2.31. The number of amides is 2. The van der Waals surface area contributed by atoms with Crippen LogP contribution in [-0.2, 0) is 14.3 Å². The molecule has 0 aromatic heterocycles. The number of ether oxygens (including phenoxy) is 3. The molecule has 2 N–H and O–H groups in total. The Hall–Kier alpha value is -2.48. The summed E-state index contributed by atoms with van der Waals surface area (Å²) in [6.45, 7) is 0.667. The average Bonchev–Trinajstić information content (AvgIpc) is 2.65. The van der Waals surface area contributed by atoms with Gasteiger partial charge in [0, 0.05) is 6.54 Å². The van der Waals surface area contributed by atoms with Gasteiger partial charge in [-0.25, -0.2) is 4.79 Å². The molecule has 3 rings (SSSR count). The minimum absolute atomic E-state index is 0.150. The van der Waals surface area contributed by atoms with E-state index in [4.69, 9.17) is 31.5 Å². The maximum atomic E-state index is 12.3. The Bertz CT molecular complexity index is 738. The van der Waals surface area contributed by atoms with Crippen LogP contribution in [0.5, 0.6) is 11.5 Å². The quantitative estimate of drug-likeness (QED) is 0.782. The Morgan fingerprint density at radius 1 is 1.23 bits per heavy atom. The molecule has 1 aromatic carbocycles. The van der Waals surface area contributed by atoms with Crippen molar-refractivity contribution in [2.75, 3.05) is 26.4 Å². The second-order valence-corrected chi connectivity index (χ2v) is 6.47. The van der Waals surface area contributed by atoms with Crippen molar-refractivity contribution >= 4 is 29.4 Å². The third-order valence-corrected chi connectivity index (χ3v) is 4.59. The predicted octanol–water partition coefficient (Wildman–Crippen LogP) is 1.13. The maximum Gasteiger partial charge on any atom is 0.338 e. The Morgan fingerprint density at radius 3 is 2.77 bits per heavy atom. The van der Waals surface area contributed by atoms with E-state index in [1.54, 1.807) is 0 Å². The summed E-state index contributed by atoms with van der Waals surface area (Å²) >= 11 is 6.09. The van der Waals surface area contributed by atoms with Crippen LogP contribution in [0.4, 0.5) is 0 Å². The molecule has 2 heterocycles. The summed E-state index contributed by atoms with van der Waals surface area (Å²) < 4.78 is 15.9. The molecule has 0 aliphatic carbocycles. The molecule has 2 aliphatic rings. The zero-order valence-electron chi connectivity index (χ0n) is 14.0. The molecular formula is C17H19ClN2O6. The number of nitrogens with zero attached hydrogens (tertiary/aromatic N) is 1. The fourth-order valence-corrected chi connectivity index (χ4v) is 3.31. The van der Waals surface area contributed by atoms with Gasteiger partial charge < -0.3 is 24.8 Å². The Morgan fingerprint density at radius 2 is 2.00 bits per heavy atom. The minimum atomic E-state index is -0.718. The minimum Gasteiger partial charge on any atom is -0.486 e. The zero-order valence-corrected chi connectivity index (χ0v) is 14.8. The summed E-state index contributed by atoms with van der Waals surface area (Å²) in [6, 6.07) is 2.20. The van der Waals surface area contributed by atoms with Crippen LogP contribution in [0.3, 0.4) is 0 Å². The van der Waals surface area contributed by atoms with Crippen molar-refractivity contribution in [1.82, 2.24) is 4.90 Å². The fourth-order valence-electron chi connectivity index (χ4n) is 3.05. The lowest BCUT2D eigenvalue weighted by Gasteiger charge is -2.33. The molecule has 26 heavy (non-hydrogen) atoms. The lowest BCUT2D eigenvalue weighted by Crippen LogP contribution is -2.51. The van der Waals surface area contributed by atoms with Crippen LogP contribution in [-0.4, -0.2) is 55.1 Å². The number of piperidine rings is 1. The van der Waals surface area contributed by atoms with Crippen molar-refractivity contribution in [3.8, 4) is 11.5 Å². The van der Waals surface area contributed by atoms with Gasteiger partial charge in [0.05, 0.1) is 10.6 Å². The van der Waals surface area contributed by atoms with E-state index in [1.165, 1.54) is 17.0 Å². The summed E-state index contributed by atoms with van der Waals surface area (Å²) in [5.41, 5.74) is 5.49. The van der Waals surface area contributed by atoms with Crippen LogP contribution in [0, 0.1) is 0 Å². The number of primary amides is 1. The van der Waals surface area contributed by atoms with Gasteiger partial charge >= 0.3 is 5.97 Å². The van der Waals surface area contributed by atoms with E-state index in [9.17, 15) is 14.4 Å². The average molecular weight is 383 g/mol. The van der Waals surface area contributed by atoms with Gasteiger partial charge in [-0.1, -0.05) is 11.6 Å². The van der Waals surface area contributed by atoms with Gasteiger partial charge in [-0.2, -0.15) is 0 Å². The number of rotatable bonds is 4. The van der Waals surface area contributed by atoms with Gasteiger partial charge in [0.25, 0.3) is 5.91 Å². The molecule has 2 amide bonds. The van der Waals surface area contributed by atoms with Crippen molar-refractivity contribution in [2.45, 2.75) is 25.3 Å². The SMILES string of the molecule is NC(=O)[C@H]1CCCCN1C(=O)COC(=O)c1cc(Cl)c2c(c1)OCCO2. The molecule has 0 saturated carbocycles. The van der Waals surface area contributed by atoms with Gasteiger partial charge in [0.15, 0.2) is 18.1 Å². The highest BCUT2D eigenvalue weighted by molar-refractivity contribution is 6.32. The number of nitrogens with two attached hydrogens (primary N) is 1. The molecule has 8 nitrogen and oxygen atoms in total. The Kier molecular flexibility index (Phi) is 5.51. The fraction of sp³-hybridized carbons (Fsp3) is 0.471. The van der Waals surface area contributed by atoms with Crippen molar-refractivity contribution in [2.24, 2.45) is 5.73 Å². The first-order chi connectivity index (χ1) is 12.5. The number of esters is 1. The van der Waals surface area contributed by atoms with Crippen molar-refractivity contribution in [3.05, 3.63) is 22.7 Å². The van der Waals surface area contributed by atoms with Gasteiger partial charge in [0.2, 0.25) is 5.91 Å². The zero-order chi connectivity index (χ0) is 18.7. The molecule has 1 aromatic rings. The molecule has 140 valence electrons. The molecule has 0 unspecified atom stereocenters. The first-order valence-corrected chi connectivity index (χ1v) is 8.70. The summed E-state index contributed by atoms with van der Waals surface area (Å²) in [6.07, 6.45) is 2.13. The van der Waals surface area contributed by atoms with Crippen LogP contribution in [0.25, 0.3) is 0 Å². The number of halogens is 1. The standard InChI is InChI=1S/C17H19ClN2O6/c18-11-7-10(8-13-15(11)25-6-5-24-13)17(23)26-9-14(21)20-4-2-1-3-12(20)16(19)22/h7-8,12H,1-6,9H2,(H2,19,22)/t12-/m1/s1. The van der Waals surface area contributed by atoms with E-state index in [0.717, 1.165) is 12.8 Å². The van der Waals surface area contributed by atoms with Crippen LogP contribution in [0.2, 0.25) is 5.02 Å². The number of carbonyl (C=O) groups excluding carboxylic acids is 3. The molecule has 2 aliphatic heterocycles. The smallest absolute Gasteiger partial charge is 0.338 e. The van der Waals surface area contributed by atoms with Crippen molar-refractivity contribution < 1.29 is 28.6 Å². The largest absolute Gasteiger partial charge is 0.486 e. The second-order valence-electron chi connectivity index (χ2n) is 6.06. The number of hydrogen-bond acceptors (Lipinski definition) is 6. The van der Waals surface area contributed by atoms with Crippen LogP contribution in [0.15, 0.2) is 12.1 Å². The first kappa shape index (κ1) is 18.3. The molecule has 0 spiro atoms.